The van der Waals surface area contributed by atoms with Crippen LogP contribution in [0.2, 0.25) is 0 Å². The van der Waals surface area contributed by atoms with E-state index in [1.807, 2.05) is 12.1 Å². The number of aryl methyl sites for hydroxylation is 2. The predicted octanol–water partition coefficient (Wildman–Crippen LogP) is 3.83. The predicted molar refractivity (Wildman–Crippen MR) is 90.6 cm³/mol. The summed E-state index contributed by atoms with van der Waals surface area (Å²) >= 11 is 0. The Balaban J connectivity index is 2.10. The van der Waals surface area contributed by atoms with Gasteiger partial charge in [0.05, 0.1) is 17.4 Å². The van der Waals surface area contributed by atoms with Crippen LogP contribution in [0, 0.1) is 19.8 Å². The van der Waals surface area contributed by atoms with Gasteiger partial charge in [-0.1, -0.05) is 19.9 Å². The van der Waals surface area contributed by atoms with Gasteiger partial charge < -0.3 is 10.6 Å². The van der Waals surface area contributed by atoms with Crippen LogP contribution in [-0.2, 0) is 0 Å². The van der Waals surface area contributed by atoms with Gasteiger partial charge in [-0.05, 0) is 49.1 Å². The molecule has 2 N–H and O–H groups in total. The molecule has 0 fully saturated rings. The van der Waals surface area contributed by atoms with Crippen molar-refractivity contribution in [2.75, 3.05) is 11.9 Å². The van der Waals surface area contributed by atoms with Gasteiger partial charge >= 0.3 is 0 Å². The largest absolute Gasteiger partial charge is 0.354 e. The molecule has 4 heteroatoms. The fourth-order valence-corrected chi connectivity index (χ4v) is 2.02. The van der Waals surface area contributed by atoms with Crippen molar-refractivity contribution >= 4 is 17.3 Å². The summed E-state index contributed by atoms with van der Waals surface area (Å²) < 4.78 is 0. The molecule has 0 unspecified atom stereocenters. The summed E-state index contributed by atoms with van der Waals surface area (Å²) in [7, 11) is 0. The molecule has 116 valence electrons. The van der Waals surface area contributed by atoms with Crippen molar-refractivity contribution < 1.29 is 4.79 Å². The van der Waals surface area contributed by atoms with Gasteiger partial charge in [-0.3, -0.25) is 9.78 Å². The van der Waals surface area contributed by atoms with Gasteiger partial charge in [-0.2, -0.15) is 0 Å². The van der Waals surface area contributed by atoms with Gasteiger partial charge in [0.25, 0.3) is 5.91 Å². The van der Waals surface area contributed by atoms with E-state index in [1.165, 1.54) is 11.1 Å². The van der Waals surface area contributed by atoms with E-state index in [1.54, 1.807) is 12.4 Å². The third-order valence-corrected chi connectivity index (χ3v) is 3.47. The molecular weight excluding hydrogens is 274 g/mol. The highest BCUT2D eigenvalue weighted by atomic mass is 16.1. The monoisotopic (exact) mass is 297 g/mol. The van der Waals surface area contributed by atoms with E-state index < -0.39 is 0 Å². The third-order valence-electron chi connectivity index (χ3n) is 3.47. The molecule has 1 heterocycles. The second-order valence-electron chi connectivity index (χ2n) is 5.99. The summed E-state index contributed by atoms with van der Waals surface area (Å²) in [4.78, 5) is 16.2. The Hall–Kier alpha value is -2.36. The van der Waals surface area contributed by atoms with Crippen LogP contribution in [0.1, 0.15) is 35.3 Å². The zero-order chi connectivity index (χ0) is 16.1. The number of hydrogen-bond donors (Lipinski definition) is 2. The number of nitrogens with zero attached hydrogens (tertiary/aromatic N) is 1. The number of carbonyl (C=O) groups is 1. The molecule has 0 aliphatic rings. The highest BCUT2D eigenvalue weighted by molar-refractivity contribution is 5.94. The van der Waals surface area contributed by atoms with E-state index in [-0.39, 0.29) is 5.91 Å². The maximum Gasteiger partial charge on any atom is 0.252 e. The SMILES string of the molecule is Cc1ccc(Nc2cncc(C(=O)NCC(C)C)c2)cc1C. The van der Waals surface area contributed by atoms with Crippen LogP contribution in [0.5, 0.6) is 0 Å². The summed E-state index contributed by atoms with van der Waals surface area (Å²) in [6.45, 7) is 8.95. The molecule has 0 aliphatic carbocycles. The zero-order valence-corrected chi connectivity index (χ0v) is 13.6. The number of benzene rings is 1. The van der Waals surface area contributed by atoms with Gasteiger partial charge in [-0.15, -0.1) is 0 Å². The molecule has 0 spiro atoms. The van der Waals surface area contributed by atoms with Gasteiger partial charge in [0.1, 0.15) is 0 Å². The van der Waals surface area contributed by atoms with Crippen molar-refractivity contribution in [3.8, 4) is 0 Å². The minimum absolute atomic E-state index is 0.0927. The van der Waals surface area contributed by atoms with Crippen LogP contribution in [0.25, 0.3) is 0 Å². The van der Waals surface area contributed by atoms with E-state index >= 15 is 0 Å². The maximum absolute atomic E-state index is 12.1. The first-order chi connectivity index (χ1) is 10.5. The van der Waals surface area contributed by atoms with Gasteiger partial charge in [0, 0.05) is 18.4 Å². The highest BCUT2D eigenvalue weighted by Crippen LogP contribution is 2.19. The molecule has 0 aliphatic heterocycles. The Morgan fingerprint density at radius 3 is 2.55 bits per heavy atom. The smallest absolute Gasteiger partial charge is 0.252 e. The molecule has 2 aromatic rings. The summed E-state index contributed by atoms with van der Waals surface area (Å²) in [5, 5.41) is 6.19. The number of amides is 1. The van der Waals surface area contributed by atoms with Gasteiger partial charge in [0.15, 0.2) is 0 Å². The Morgan fingerprint density at radius 1 is 1.09 bits per heavy atom. The lowest BCUT2D eigenvalue weighted by Gasteiger charge is -2.11. The first kappa shape index (κ1) is 16.0. The van der Waals surface area contributed by atoms with Crippen LogP contribution in [0.3, 0.4) is 0 Å². The number of pyridine rings is 1. The maximum atomic E-state index is 12.1. The number of rotatable bonds is 5. The van der Waals surface area contributed by atoms with Gasteiger partial charge in [0.2, 0.25) is 0 Å². The Bertz CT molecular complexity index is 665. The summed E-state index contributed by atoms with van der Waals surface area (Å²) in [6, 6.07) is 8.00. The van der Waals surface area contributed by atoms with Gasteiger partial charge in [-0.25, -0.2) is 0 Å². The van der Waals surface area contributed by atoms with Crippen LogP contribution in [-0.4, -0.2) is 17.4 Å². The van der Waals surface area contributed by atoms with E-state index in [0.717, 1.165) is 11.4 Å². The van der Waals surface area contributed by atoms with Crippen molar-refractivity contribution in [3.05, 3.63) is 53.3 Å². The Morgan fingerprint density at radius 2 is 1.86 bits per heavy atom. The standard InChI is InChI=1S/C18H23N3O/c1-12(2)9-20-18(22)15-8-17(11-19-10-15)21-16-6-5-13(3)14(4)7-16/h5-8,10-12,21H,9H2,1-4H3,(H,20,22). The number of hydrogen-bond acceptors (Lipinski definition) is 3. The van der Waals surface area contributed by atoms with Crippen molar-refractivity contribution in [3.63, 3.8) is 0 Å². The molecule has 22 heavy (non-hydrogen) atoms. The van der Waals surface area contributed by atoms with Crippen molar-refractivity contribution in [1.82, 2.24) is 10.3 Å². The Labute approximate surface area is 132 Å². The molecule has 0 atom stereocenters. The minimum atomic E-state index is -0.0927. The quantitative estimate of drug-likeness (QED) is 0.882. The fourth-order valence-electron chi connectivity index (χ4n) is 2.02. The molecule has 1 aromatic heterocycles. The summed E-state index contributed by atoms with van der Waals surface area (Å²) in [5.74, 6) is 0.332. The van der Waals surface area contributed by atoms with E-state index in [9.17, 15) is 4.79 Å². The lowest BCUT2D eigenvalue weighted by molar-refractivity contribution is 0.0948. The normalized spacial score (nSPS) is 10.6. The second-order valence-corrected chi connectivity index (χ2v) is 5.99. The minimum Gasteiger partial charge on any atom is -0.354 e. The molecule has 0 radical (unpaired) electrons. The average Bonchev–Trinajstić information content (AvgIpc) is 2.49. The first-order valence-corrected chi connectivity index (χ1v) is 7.53. The number of carbonyl (C=O) groups excluding carboxylic acids is 1. The van der Waals surface area contributed by atoms with Crippen molar-refractivity contribution in [1.29, 1.82) is 0 Å². The van der Waals surface area contributed by atoms with Crippen molar-refractivity contribution in [2.24, 2.45) is 5.92 Å². The van der Waals surface area contributed by atoms with Crippen LogP contribution in [0.4, 0.5) is 11.4 Å². The molecule has 2 rings (SSSR count). The fraction of sp³-hybridized carbons (Fsp3) is 0.333. The average molecular weight is 297 g/mol. The lowest BCUT2D eigenvalue weighted by Crippen LogP contribution is -2.27. The van der Waals surface area contributed by atoms with Crippen LogP contribution in [0.15, 0.2) is 36.7 Å². The molecular formula is C18H23N3O. The molecule has 0 bridgehead atoms. The molecule has 4 nitrogen and oxygen atoms in total. The van der Waals surface area contributed by atoms with Crippen molar-refractivity contribution in [2.45, 2.75) is 27.7 Å². The zero-order valence-electron chi connectivity index (χ0n) is 13.6. The second kappa shape index (κ2) is 7.07. The highest BCUT2D eigenvalue weighted by Gasteiger charge is 2.07. The number of nitrogens with one attached hydrogen (secondary N) is 2. The number of aromatic nitrogens is 1. The summed E-state index contributed by atoms with van der Waals surface area (Å²) in [5.41, 5.74) is 4.84. The summed E-state index contributed by atoms with van der Waals surface area (Å²) in [6.07, 6.45) is 3.30. The third kappa shape index (κ3) is 4.32. The Kier molecular flexibility index (Phi) is 5.15. The topological polar surface area (TPSA) is 54.0 Å². The molecule has 1 amide bonds. The molecule has 0 saturated carbocycles. The molecule has 1 aromatic carbocycles. The number of anilines is 2. The lowest BCUT2D eigenvalue weighted by atomic mass is 10.1. The van der Waals surface area contributed by atoms with E-state index in [4.69, 9.17) is 0 Å². The van der Waals surface area contributed by atoms with E-state index in [0.29, 0.717) is 18.0 Å². The first-order valence-electron chi connectivity index (χ1n) is 7.53. The van der Waals surface area contributed by atoms with Crippen LogP contribution >= 0.6 is 0 Å². The van der Waals surface area contributed by atoms with Crippen LogP contribution < -0.4 is 10.6 Å². The molecule has 0 saturated heterocycles. The van der Waals surface area contributed by atoms with E-state index in [2.05, 4.69) is 55.4 Å².